The van der Waals surface area contributed by atoms with Gasteiger partial charge in [0, 0.05) is 33.9 Å². The van der Waals surface area contributed by atoms with Crippen LogP contribution in [0, 0.1) is 5.92 Å². The fraction of sp³-hybridized carbons (Fsp3) is 0.650. The van der Waals surface area contributed by atoms with Crippen molar-refractivity contribution in [1.29, 1.82) is 0 Å². The molecule has 1 saturated heterocycles. The fourth-order valence-electron chi connectivity index (χ4n) is 3.98. The molecule has 1 aliphatic carbocycles. The highest BCUT2D eigenvalue weighted by molar-refractivity contribution is 5.79. The molecular formula is C20H31N3O2. The number of hydrogen-bond acceptors (Lipinski definition) is 3. The van der Waals surface area contributed by atoms with Gasteiger partial charge in [-0.1, -0.05) is 24.3 Å². The summed E-state index contributed by atoms with van der Waals surface area (Å²) in [5.41, 5.74) is 1.52. The lowest BCUT2D eigenvalue weighted by Gasteiger charge is -2.30. The van der Waals surface area contributed by atoms with Crippen LogP contribution in [0.3, 0.4) is 0 Å². The van der Waals surface area contributed by atoms with E-state index in [1.807, 2.05) is 18.2 Å². The normalized spacial score (nSPS) is 24.2. The fourth-order valence-corrected chi connectivity index (χ4v) is 3.98. The van der Waals surface area contributed by atoms with Crippen molar-refractivity contribution in [1.82, 2.24) is 10.2 Å². The average Bonchev–Trinajstić information content (AvgIpc) is 2.99. The summed E-state index contributed by atoms with van der Waals surface area (Å²) < 4.78 is 5.43. The van der Waals surface area contributed by atoms with Crippen molar-refractivity contribution >= 4 is 5.96 Å². The lowest BCUT2D eigenvalue weighted by Crippen LogP contribution is -2.46. The van der Waals surface area contributed by atoms with E-state index >= 15 is 0 Å². The summed E-state index contributed by atoms with van der Waals surface area (Å²) in [6, 6.07) is 8.20. The summed E-state index contributed by atoms with van der Waals surface area (Å²) in [7, 11) is 3.88. The van der Waals surface area contributed by atoms with Crippen molar-refractivity contribution in [3.8, 4) is 0 Å². The Bertz CT molecular complexity index is 598. The van der Waals surface area contributed by atoms with Gasteiger partial charge in [-0.25, -0.2) is 0 Å². The molecule has 1 atom stereocenters. The van der Waals surface area contributed by atoms with Crippen LogP contribution in [0.5, 0.6) is 0 Å². The van der Waals surface area contributed by atoms with Crippen LogP contribution < -0.4 is 5.32 Å². The Morgan fingerprint density at radius 1 is 1.36 bits per heavy atom. The van der Waals surface area contributed by atoms with Crippen molar-refractivity contribution < 1.29 is 9.84 Å². The molecule has 0 amide bonds. The van der Waals surface area contributed by atoms with Crippen LogP contribution in [0.4, 0.5) is 0 Å². The lowest BCUT2D eigenvalue weighted by atomic mass is 9.96. The number of aliphatic hydroxyl groups is 1. The zero-order valence-electron chi connectivity index (χ0n) is 15.5. The van der Waals surface area contributed by atoms with E-state index < -0.39 is 5.60 Å². The molecule has 3 rings (SSSR count). The van der Waals surface area contributed by atoms with E-state index in [1.165, 1.54) is 5.56 Å². The van der Waals surface area contributed by atoms with Gasteiger partial charge >= 0.3 is 0 Å². The SMILES string of the molecule is CN=C(NCC1(O)CCc2ccccc21)N(C)CCC1CCOCC1. The number of nitrogens with one attached hydrogen (secondary N) is 1. The number of fused-ring (bicyclic) bond motifs is 1. The summed E-state index contributed by atoms with van der Waals surface area (Å²) in [6.45, 7) is 3.26. The molecule has 2 N–H and O–H groups in total. The van der Waals surface area contributed by atoms with Gasteiger partial charge in [0.2, 0.25) is 0 Å². The minimum absolute atomic E-state index is 0.498. The number of aliphatic imine (C=N–C) groups is 1. The van der Waals surface area contributed by atoms with Gasteiger partial charge in [-0.3, -0.25) is 4.99 Å². The highest BCUT2D eigenvalue weighted by Crippen LogP contribution is 2.36. The second-order valence-corrected chi connectivity index (χ2v) is 7.36. The maximum absolute atomic E-state index is 11.1. The summed E-state index contributed by atoms with van der Waals surface area (Å²) in [5.74, 6) is 1.60. The highest BCUT2D eigenvalue weighted by atomic mass is 16.5. The van der Waals surface area contributed by atoms with Gasteiger partial charge in [-0.2, -0.15) is 0 Å². The van der Waals surface area contributed by atoms with E-state index in [0.717, 1.165) is 69.3 Å². The molecule has 0 bridgehead atoms. The van der Waals surface area contributed by atoms with Gasteiger partial charge in [-0.05, 0) is 49.1 Å². The maximum atomic E-state index is 11.1. The number of rotatable bonds is 5. The van der Waals surface area contributed by atoms with Gasteiger partial charge in [-0.15, -0.1) is 0 Å². The summed E-state index contributed by atoms with van der Waals surface area (Å²) in [5, 5.41) is 14.4. The van der Waals surface area contributed by atoms with Gasteiger partial charge < -0.3 is 20.1 Å². The first-order valence-corrected chi connectivity index (χ1v) is 9.43. The van der Waals surface area contributed by atoms with Crippen molar-refractivity contribution in [2.24, 2.45) is 10.9 Å². The summed E-state index contributed by atoms with van der Waals surface area (Å²) in [6.07, 6.45) is 5.19. The molecule has 1 fully saturated rings. The molecule has 1 aliphatic heterocycles. The first-order valence-electron chi connectivity index (χ1n) is 9.43. The molecule has 0 radical (unpaired) electrons. The minimum Gasteiger partial charge on any atom is -0.383 e. The Morgan fingerprint density at radius 3 is 2.88 bits per heavy atom. The summed E-state index contributed by atoms with van der Waals surface area (Å²) in [4.78, 5) is 6.56. The number of aryl methyl sites for hydroxylation is 1. The van der Waals surface area contributed by atoms with Crippen LogP contribution in [0.25, 0.3) is 0 Å². The third kappa shape index (κ3) is 4.33. The Labute approximate surface area is 151 Å². The largest absolute Gasteiger partial charge is 0.383 e. The number of guanidine groups is 1. The molecule has 1 aromatic rings. The molecule has 25 heavy (non-hydrogen) atoms. The van der Waals surface area contributed by atoms with Gasteiger partial charge in [0.05, 0.1) is 6.54 Å². The molecule has 1 heterocycles. The Morgan fingerprint density at radius 2 is 2.12 bits per heavy atom. The van der Waals surface area contributed by atoms with Crippen molar-refractivity contribution in [2.45, 2.75) is 37.7 Å². The van der Waals surface area contributed by atoms with Crippen LogP contribution in [0.1, 0.15) is 36.8 Å². The molecule has 138 valence electrons. The average molecular weight is 345 g/mol. The minimum atomic E-state index is -0.798. The summed E-state index contributed by atoms with van der Waals surface area (Å²) >= 11 is 0. The first kappa shape index (κ1) is 18.2. The second kappa shape index (κ2) is 8.19. The molecule has 0 aromatic heterocycles. The van der Waals surface area contributed by atoms with E-state index in [4.69, 9.17) is 4.74 Å². The van der Waals surface area contributed by atoms with E-state index in [9.17, 15) is 5.11 Å². The molecule has 5 nitrogen and oxygen atoms in total. The zero-order valence-corrected chi connectivity index (χ0v) is 15.5. The van der Waals surface area contributed by atoms with E-state index in [-0.39, 0.29) is 0 Å². The molecule has 0 saturated carbocycles. The van der Waals surface area contributed by atoms with Crippen LogP contribution in [-0.2, 0) is 16.8 Å². The predicted molar refractivity (Wildman–Crippen MR) is 101 cm³/mol. The third-order valence-corrected chi connectivity index (χ3v) is 5.65. The number of nitrogens with zero attached hydrogens (tertiary/aromatic N) is 2. The van der Waals surface area contributed by atoms with E-state index in [0.29, 0.717) is 6.54 Å². The second-order valence-electron chi connectivity index (χ2n) is 7.36. The Hall–Kier alpha value is -1.59. The topological polar surface area (TPSA) is 57.1 Å². The molecule has 1 unspecified atom stereocenters. The Balaban J connectivity index is 1.52. The number of ether oxygens (including phenoxy) is 1. The molecule has 1 aromatic carbocycles. The van der Waals surface area contributed by atoms with Gasteiger partial charge in [0.25, 0.3) is 0 Å². The molecule has 5 heteroatoms. The monoisotopic (exact) mass is 345 g/mol. The maximum Gasteiger partial charge on any atom is 0.193 e. The third-order valence-electron chi connectivity index (χ3n) is 5.65. The van der Waals surface area contributed by atoms with Crippen LogP contribution in [0.2, 0.25) is 0 Å². The lowest BCUT2D eigenvalue weighted by molar-refractivity contribution is 0.0425. The van der Waals surface area contributed by atoms with Gasteiger partial charge in [0.15, 0.2) is 5.96 Å². The number of hydrogen-bond donors (Lipinski definition) is 2. The quantitative estimate of drug-likeness (QED) is 0.634. The van der Waals surface area contributed by atoms with Crippen molar-refractivity contribution in [3.05, 3.63) is 35.4 Å². The van der Waals surface area contributed by atoms with E-state index in [2.05, 4.69) is 28.3 Å². The van der Waals surface area contributed by atoms with Gasteiger partial charge in [0.1, 0.15) is 5.60 Å². The number of benzene rings is 1. The first-order chi connectivity index (χ1) is 12.1. The van der Waals surface area contributed by atoms with Crippen LogP contribution in [-0.4, -0.2) is 56.4 Å². The van der Waals surface area contributed by atoms with Crippen LogP contribution in [0.15, 0.2) is 29.3 Å². The molecule has 0 spiro atoms. The Kier molecular flexibility index (Phi) is 5.97. The predicted octanol–water partition coefficient (Wildman–Crippen LogP) is 2.14. The van der Waals surface area contributed by atoms with Crippen LogP contribution >= 0.6 is 0 Å². The highest BCUT2D eigenvalue weighted by Gasteiger charge is 2.36. The van der Waals surface area contributed by atoms with Crippen molar-refractivity contribution in [2.75, 3.05) is 40.4 Å². The van der Waals surface area contributed by atoms with Crippen molar-refractivity contribution in [3.63, 3.8) is 0 Å². The molecular weight excluding hydrogens is 314 g/mol. The standard InChI is InChI=1S/C20H31N3O2/c1-21-19(23(2)12-8-16-9-13-25-14-10-16)22-15-20(24)11-7-17-5-3-4-6-18(17)20/h3-6,16,24H,7-15H2,1-2H3,(H,21,22). The smallest absolute Gasteiger partial charge is 0.193 e. The molecule has 2 aliphatic rings. The zero-order chi connectivity index (χ0) is 17.7. The van der Waals surface area contributed by atoms with E-state index in [1.54, 1.807) is 7.05 Å².